The number of hydrogen-bond acceptors (Lipinski definition) is 3. The Balaban J connectivity index is 3.01. The summed E-state index contributed by atoms with van der Waals surface area (Å²) in [4.78, 5) is 0. The molecule has 4 heteroatoms. The lowest BCUT2D eigenvalue weighted by molar-refractivity contribution is 0.411. The molecule has 0 aromatic carbocycles. The average molecular weight is 144 g/mol. The Bertz CT molecular complexity index is 204. The van der Waals surface area contributed by atoms with Crippen LogP contribution in [0.25, 0.3) is 0 Å². The second-order valence-electron chi connectivity index (χ2n) is 1.34. The van der Waals surface area contributed by atoms with Gasteiger partial charge in [0.15, 0.2) is 5.75 Å². The van der Waals surface area contributed by atoms with Gasteiger partial charge < -0.3 is 4.74 Å². The van der Waals surface area contributed by atoms with Crippen LogP contribution in [0.2, 0.25) is 5.02 Å². The molecule has 0 saturated heterocycles. The monoisotopic (exact) mass is 143 g/mol. The average Bonchev–Trinajstić information content (AvgIpc) is 1.89. The van der Waals surface area contributed by atoms with E-state index < -0.39 is 0 Å². The molecule has 1 aromatic rings. The van der Waals surface area contributed by atoms with Crippen molar-refractivity contribution in [2.75, 3.05) is 7.11 Å². The number of hydrogen-bond donors (Lipinski definition) is 0. The number of halogens is 1. The zero-order valence-electron chi connectivity index (χ0n) is 4.76. The van der Waals surface area contributed by atoms with Crippen molar-refractivity contribution < 1.29 is 4.74 Å². The third-order valence-electron chi connectivity index (χ3n) is 0.817. The van der Waals surface area contributed by atoms with Gasteiger partial charge >= 0.3 is 0 Å². The molecule has 1 radical (unpaired) electrons. The molecule has 0 fully saturated rings. The van der Waals surface area contributed by atoms with Gasteiger partial charge in [0.1, 0.15) is 11.2 Å². The number of ether oxygens (including phenoxy) is 1. The molecule has 47 valence electrons. The van der Waals surface area contributed by atoms with Crippen LogP contribution in [-0.2, 0) is 0 Å². The van der Waals surface area contributed by atoms with Gasteiger partial charge in [-0.25, -0.2) is 0 Å². The van der Waals surface area contributed by atoms with Crippen molar-refractivity contribution in [2.24, 2.45) is 0 Å². The minimum atomic E-state index is 0.354. The first-order valence-electron chi connectivity index (χ1n) is 2.27. The van der Waals surface area contributed by atoms with E-state index in [9.17, 15) is 0 Å². The van der Waals surface area contributed by atoms with Crippen molar-refractivity contribution in [3.8, 4) is 5.75 Å². The lowest BCUT2D eigenvalue weighted by Gasteiger charge is -1.96. The minimum Gasteiger partial charge on any atom is -0.493 e. The molecule has 0 saturated carbocycles. The highest BCUT2D eigenvalue weighted by Crippen LogP contribution is 2.18. The summed E-state index contributed by atoms with van der Waals surface area (Å²) in [6.45, 7) is 0. The SMILES string of the molecule is COc1cnn[c]c1Cl. The van der Waals surface area contributed by atoms with Gasteiger partial charge in [0.25, 0.3) is 0 Å². The van der Waals surface area contributed by atoms with Crippen molar-refractivity contribution in [1.82, 2.24) is 10.2 Å². The van der Waals surface area contributed by atoms with Crippen LogP contribution < -0.4 is 4.74 Å². The molecule has 0 spiro atoms. The van der Waals surface area contributed by atoms with E-state index in [-0.39, 0.29) is 0 Å². The summed E-state index contributed by atoms with van der Waals surface area (Å²) >= 11 is 5.54. The van der Waals surface area contributed by atoms with E-state index in [1.165, 1.54) is 13.3 Å². The Hall–Kier alpha value is -0.830. The van der Waals surface area contributed by atoms with E-state index in [1.807, 2.05) is 0 Å². The van der Waals surface area contributed by atoms with Gasteiger partial charge in [-0.3, -0.25) is 0 Å². The van der Waals surface area contributed by atoms with Crippen LogP contribution >= 0.6 is 11.6 Å². The topological polar surface area (TPSA) is 35.0 Å². The number of methoxy groups -OCH3 is 1. The Morgan fingerprint density at radius 3 is 3.00 bits per heavy atom. The van der Waals surface area contributed by atoms with Crippen LogP contribution in [0.4, 0.5) is 0 Å². The molecule has 0 amide bonds. The molecule has 0 aliphatic rings. The van der Waals surface area contributed by atoms with Gasteiger partial charge in [0.05, 0.1) is 13.3 Å². The predicted molar refractivity (Wildman–Crippen MR) is 32.4 cm³/mol. The number of nitrogens with zero attached hydrogens (tertiary/aromatic N) is 2. The molecule has 1 aromatic heterocycles. The lowest BCUT2D eigenvalue weighted by Crippen LogP contribution is -1.86. The highest BCUT2D eigenvalue weighted by molar-refractivity contribution is 6.31. The fraction of sp³-hybridized carbons (Fsp3) is 0.200. The fourth-order valence-corrected chi connectivity index (χ4v) is 0.572. The van der Waals surface area contributed by atoms with Crippen LogP contribution in [0, 0.1) is 6.20 Å². The van der Waals surface area contributed by atoms with E-state index >= 15 is 0 Å². The molecule has 0 atom stereocenters. The van der Waals surface area contributed by atoms with E-state index in [1.54, 1.807) is 0 Å². The zero-order chi connectivity index (χ0) is 6.69. The summed E-state index contributed by atoms with van der Waals surface area (Å²) in [7, 11) is 1.51. The Morgan fingerprint density at radius 1 is 1.78 bits per heavy atom. The fourth-order valence-electron chi connectivity index (χ4n) is 0.408. The maximum absolute atomic E-state index is 5.54. The van der Waals surface area contributed by atoms with Crippen LogP contribution in [0.3, 0.4) is 0 Å². The van der Waals surface area contributed by atoms with Gasteiger partial charge in [-0.05, 0) is 0 Å². The van der Waals surface area contributed by atoms with Gasteiger partial charge in [0.2, 0.25) is 0 Å². The summed E-state index contributed by atoms with van der Waals surface area (Å²) in [5.41, 5.74) is 0. The van der Waals surface area contributed by atoms with Gasteiger partial charge in [-0.2, -0.15) is 5.10 Å². The molecule has 3 nitrogen and oxygen atoms in total. The Morgan fingerprint density at radius 2 is 2.56 bits per heavy atom. The standard InChI is InChI=1S/C5H4ClN2O/c1-9-5-3-8-7-2-4(5)6/h3H,1H3. The summed E-state index contributed by atoms with van der Waals surface area (Å²) in [6.07, 6.45) is 3.86. The molecule has 0 unspecified atom stereocenters. The molecular formula is C5H4ClN2O. The van der Waals surface area contributed by atoms with Crippen molar-refractivity contribution in [3.05, 3.63) is 17.4 Å². The van der Waals surface area contributed by atoms with Crippen molar-refractivity contribution >= 4 is 11.6 Å². The molecular weight excluding hydrogens is 140 g/mol. The summed E-state index contributed by atoms with van der Waals surface area (Å²) < 4.78 is 4.78. The highest BCUT2D eigenvalue weighted by atomic mass is 35.5. The van der Waals surface area contributed by atoms with E-state index in [0.29, 0.717) is 10.8 Å². The molecule has 0 aliphatic carbocycles. The maximum atomic E-state index is 5.54. The summed E-state index contributed by atoms with van der Waals surface area (Å²) in [6, 6.07) is 0. The van der Waals surface area contributed by atoms with Gasteiger partial charge in [0, 0.05) is 0 Å². The van der Waals surface area contributed by atoms with Crippen LogP contribution in [-0.4, -0.2) is 17.3 Å². The van der Waals surface area contributed by atoms with Gasteiger partial charge in [-0.15, -0.1) is 5.10 Å². The largest absolute Gasteiger partial charge is 0.493 e. The number of aromatic nitrogens is 2. The Kier molecular flexibility index (Phi) is 1.85. The quantitative estimate of drug-likeness (QED) is 0.587. The number of rotatable bonds is 1. The highest BCUT2D eigenvalue weighted by Gasteiger charge is 1.96. The first-order valence-corrected chi connectivity index (χ1v) is 2.65. The maximum Gasteiger partial charge on any atom is 0.159 e. The molecule has 0 aliphatic heterocycles. The van der Waals surface area contributed by atoms with Crippen LogP contribution in [0.15, 0.2) is 6.20 Å². The normalized spacial score (nSPS) is 9.11. The molecule has 1 heterocycles. The lowest BCUT2D eigenvalue weighted by atomic mass is 10.5. The molecule has 0 N–H and O–H groups in total. The third-order valence-corrected chi connectivity index (χ3v) is 1.09. The third kappa shape index (κ3) is 1.29. The van der Waals surface area contributed by atoms with E-state index in [0.717, 1.165) is 0 Å². The Labute approximate surface area is 57.6 Å². The smallest absolute Gasteiger partial charge is 0.159 e. The summed E-state index contributed by atoms with van der Waals surface area (Å²) in [5, 5.41) is 7.26. The van der Waals surface area contributed by atoms with Gasteiger partial charge in [-0.1, -0.05) is 11.6 Å². The molecule has 0 bridgehead atoms. The van der Waals surface area contributed by atoms with Crippen LogP contribution in [0.5, 0.6) is 5.75 Å². The van der Waals surface area contributed by atoms with Crippen molar-refractivity contribution in [2.45, 2.75) is 0 Å². The van der Waals surface area contributed by atoms with E-state index in [4.69, 9.17) is 16.3 Å². The zero-order valence-corrected chi connectivity index (χ0v) is 5.51. The predicted octanol–water partition coefficient (Wildman–Crippen LogP) is 0.939. The van der Waals surface area contributed by atoms with Crippen LogP contribution in [0.1, 0.15) is 0 Å². The van der Waals surface area contributed by atoms with Crippen molar-refractivity contribution in [3.63, 3.8) is 0 Å². The molecule has 1 rings (SSSR count). The second kappa shape index (κ2) is 2.64. The first kappa shape index (κ1) is 6.29. The van der Waals surface area contributed by atoms with Crippen molar-refractivity contribution in [1.29, 1.82) is 0 Å². The minimum absolute atomic E-state index is 0.354. The second-order valence-corrected chi connectivity index (χ2v) is 1.72. The molecule has 9 heavy (non-hydrogen) atoms. The first-order chi connectivity index (χ1) is 4.34. The van der Waals surface area contributed by atoms with E-state index in [2.05, 4.69) is 16.4 Å². The summed E-state index contributed by atoms with van der Waals surface area (Å²) in [5.74, 6) is 0.492.